The van der Waals surface area contributed by atoms with E-state index in [1.54, 1.807) is 0 Å². The molecule has 3 rings (SSSR count). The predicted molar refractivity (Wildman–Crippen MR) is 87.9 cm³/mol. The van der Waals surface area contributed by atoms with Gasteiger partial charge in [0, 0.05) is 29.0 Å². The second kappa shape index (κ2) is 6.49. The van der Waals surface area contributed by atoms with Gasteiger partial charge in [-0.05, 0) is 56.8 Å². The van der Waals surface area contributed by atoms with Crippen LogP contribution in [-0.4, -0.2) is 29.4 Å². The first-order valence-corrected chi connectivity index (χ1v) is 8.71. The maximum atomic E-state index is 12.9. The van der Waals surface area contributed by atoms with Crippen LogP contribution < -0.4 is 5.32 Å². The zero-order chi connectivity index (χ0) is 14.8. The van der Waals surface area contributed by atoms with E-state index in [0.717, 1.165) is 30.4 Å². The summed E-state index contributed by atoms with van der Waals surface area (Å²) in [5.41, 5.74) is 1.21. The summed E-state index contributed by atoms with van der Waals surface area (Å²) in [4.78, 5) is 15.0. The lowest BCUT2D eigenvalue weighted by Crippen LogP contribution is -2.44. The van der Waals surface area contributed by atoms with E-state index in [9.17, 15) is 4.79 Å². The Balaban J connectivity index is 1.70. The summed E-state index contributed by atoms with van der Waals surface area (Å²) >= 11 is 3.51. The summed E-state index contributed by atoms with van der Waals surface area (Å²) in [5, 5.41) is 3.43. The Labute approximate surface area is 135 Å². The summed E-state index contributed by atoms with van der Waals surface area (Å²) in [7, 11) is 0. The van der Waals surface area contributed by atoms with Crippen molar-refractivity contribution in [1.82, 2.24) is 10.2 Å². The Bertz CT molecular complexity index is 515. The van der Waals surface area contributed by atoms with Crippen LogP contribution in [0.2, 0.25) is 0 Å². The third-order valence-electron chi connectivity index (χ3n) is 4.49. The Morgan fingerprint density at radius 1 is 1.38 bits per heavy atom. The molecule has 0 aromatic heterocycles. The van der Waals surface area contributed by atoms with E-state index in [2.05, 4.69) is 45.2 Å². The normalized spacial score (nSPS) is 25.6. The Kier molecular flexibility index (Phi) is 4.65. The maximum absolute atomic E-state index is 12.9. The van der Waals surface area contributed by atoms with Gasteiger partial charge >= 0.3 is 0 Å². The fourth-order valence-electron chi connectivity index (χ4n) is 3.20. The van der Waals surface area contributed by atoms with Gasteiger partial charge in [0.15, 0.2) is 0 Å². The average Bonchev–Trinajstić information content (AvgIpc) is 3.29. The molecule has 1 aliphatic heterocycles. The van der Waals surface area contributed by atoms with Crippen LogP contribution in [0.5, 0.6) is 0 Å². The molecule has 0 unspecified atom stereocenters. The highest BCUT2D eigenvalue weighted by atomic mass is 79.9. The van der Waals surface area contributed by atoms with Crippen molar-refractivity contribution in [1.29, 1.82) is 0 Å². The molecule has 21 heavy (non-hydrogen) atoms. The number of rotatable bonds is 4. The molecule has 4 heteroatoms. The average molecular weight is 351 g/mol. The number of carbonyl (C=O) groups excluding carboxylic acids is 1. The zero-order valence-electron chi connectivity index (χ0n) is 12.5. The van der Waals surface area contributed by atoms with Gasteiger partial charge in [-0.25, -0.2) is 0 Å². The van der Waals surface area contributed by atoms with Crippen LogP contribution in [0.15, 0.2) is 28.7 Å². The number of hydrogen-bond acceptors (Lipinski definition) is 2. The number of nitrogens with one attached hydrogen (secondary N) is 1. The van der Waals surface area contributed by atoms with Crippen molar-refractivity contribution in [3.05, 3.63) is 34.3 Å². The van der Waals surface area contributed by atoms with Crippen LogP contribution in [-0.2, 0) is 11.3 Å². The molecule has 3 nitrogen and oxygen atoms in total. The third kappa shape index (κ3) is 3.86. The second-order valence-electron chi connectivity index (χ2n) is 6.40. The Morgan fingerprint density at radius 2 is 2.19 bits per heavy atom. The largest absolute Gasteiger partial charge is 0.335 e. The van der Waals surface area contributed by atoms with Crippen molar-refractivity contribution in [2.24, 2.45) is 5.92 Å². The minimum absolute atomic E-state index is 0.203. The van der Waals surface area contributed by atoms with E-state index in [1.165, 1.54) is 18.4 Å². The lowest BCUT2D eigenvalue weighted by Gasteiger charge is -2.32. The predicted octanol–water partition coefficient (Wildman–Crippen LogP) is 3.33. The van der Waals surface area contributed by atoms with Crippen LogP contribution in [0.3, 0.4) is 0 Å². The zero-order valence-corrected chi connectivity index (χ0v) is 14.1. The van der Waals surface area contributed by atoms with E-state index in [-0.39, 0.29) is 5.92 Å². The first-order chi connectivity index (χ1) is 10.1. The third-order valence-corrected chi connectivity index (χ3v) is 4.98. The van der Waals surface area contributed by atoms with Crippen molar-refractivity contribution < 1.29 is 4.79 Å². The van der Waals surface area contributed by atoms with E-state index < -0.39 is 0 Å². The van der Waals surface area contributed by atoms with Gasteiger partial charge in [0.25, 0.3) is 0 Å². The molecule has 2 fully saturated rings. The Hall–Kier alpha value is -0.870. The Morgan fingerprint density at radius 3 is 2.86 bits per heavy atom. The van der Waals surface area contributed by atoms with Gasteiger partial charge in [-0.1, -0.05) is 28.1 Å². The molecular formula is C17H23BrN2O. The lowest BCUT2D eigenvalue weighted by atomic mass is 9.91. The van der Waals surface area contributed by atoms with Crippen LogP contribution in [0.25, 0.3) is 0 Å². The molecule has 1 heterocycles. The van der Waals surface area contributed by atoms with Gasteiger partial charge in [-0.3, -0.25) is 4.79 Å². The van der Waals surface area contributed by atoms with Crippen molar-refractivity contribution in [2.75, 3.05) is 6.54 Å². The van der Waals surface area contributed by atoms with E-state index in [0.29, 0.717) is 18.0 Å². The molecule has 1 aromatic carbocycles. The maximum Gasteiger partial charge on any atom is 0.226 e. The molecule has 1 N–H and O–H groups in total. The molecule has 1 aliphatic carbocycles. The number of nitrogens with zero attached hydrogens (tertiary/aromatic N) is 1. The van der Waals surface area contributed by atoms with Gasteiger partial charge in [0.2, 0.25) is 5.91 Å². The van der Waals surface area contributed by atoms with Gasteiger partial charge in [0.1, 0.15) is 0 Å². The molecule has 1 saturated carbocycles. The fraction of sp³-hybridized carbons (Fsp3) is 0.588. The van der Waals surface area contributed by atoms with Gasteiger partial charge < -0.3 is 10.2 Å². The number of amides is 1. The van der Waals surface area contributed by atoms with Gasteiger partial charge in [0.05, 0.1) is 0 Å². The number of hydrogen-bond donors (Lipinski definition) is 1. The van der Waals surface area contributed by atoms with Crippen LogP contribution in [0.4, 0.5) is 0 Å². The molecule has 1 aromatic rings. The molecule has 0 radical (unpaired) electrons. The summed E-state index contributed by atoms with van der Waals surface area (Å²) < 4.78 is 1.08. The van der Waals surface area contributed by atoms with Crippen LogP contribution in [0.1, 0.15) is 38.2 Å². The van der Waals surface area contributed by atoms with Crippen molar-refractivity contribution >= 4 is 21.8 Å². The highest BCUT2D eigenvalue weighted by Gasteiger charge is 2.36. The van der Waals surface area contributed by atoms with Gasteiger partial charge in [-0.15, -0.1) is 0 Å². The summed E-state index contributed by atoms with van der Waals surface area (Å²) in [5.74, 6) is 0.569. The van der Waals surface area contributed by atoms with Crippen LogP contribution >= 0.6 is 15.9 Å². The number of piperidine rings is 1. The molecule has 1 saturated heterocycles. The first kappa shape index (κ1) is 15.0. The number of halogens is 1. The molecular weight excluding hydrogens is 328 g/mol. The van der Waals surface area contributed by atoms with E-state index in [4.69, 9.17) is 0 Å². The monoisotopic (exact) mass is 350 g/mol. The molecule has 0 spiro atoms. The summed E-state index contributed by atoms with van der Waals surface area (Å²) in [6.07, 6.45) is 4.28. The fourth-order valence-corrected chi connectivity index (χ4v) is 3.64. The smallest absolute Gasteiger partial charge is 0.226 e. The molecule has 1 amide bonds. The molecule has 2 aliphatic rings. The van der Waals surface area contributed by atoms with Gasteiger partial charge in [-0.2, -0.15) is 0 Å². The SMILES string of the molecule is C[C@H]1C[C@@H](C(=O)N(Cc2cccc(Br)c2)C2CC2)CCN1. The quantitative estimate of drug-likeness (QED) is 0.903. The first-order valence-electron chi connectivity index (χ1n) is 7.92. The van der Waals surface area contributed by atoms with E-state index >= 15 is 0 Å². The highest BCUT2D eigenvalue weighted by molar-refractivity contribution is 9.10. The van der Waals surface area contributed by atoms with Crippen molar-refractivity contribution in [3.8, 4) is 0 Å². The minimum atomic E-state index is 0.203. The molecule has 114 valence electrons. The number of benzene rings is 1. The minimum Gasteiger partial charge on any atom is -0.335 e. The standard InChI is InChI=1S/C17H23BrN2O/c1-12-9-14(7-8-19-12)17(21)20(16-5-6-16)11-13-3-2-4-15(18)10-13/h2-4,10,12,14,16,19H,5-9,11H2,1H3/t12-,14-/m0/s1. The number of carbonyl (C=O) groups is 1. The molecule has 2 atom stereocenters. The lowest BCUT2D eigenvalue weighted by molar-refractivity contribution is -0.138. The van der Waals surface area contributed by atoms with Crippen LogP contribution in [0, 0.1) is 5.92 Å². The summed E-state index contributed by atoms with van der Waals surface area (Å²) in [6, 6.07) is 9.23. The molecule has 0 bridgehead atoms. The highest BCUT2D eigenvalue weighted by Crippen LogP contribution is 2.32. The topological polar surface area (TPSA) is 32.3 Å². The second-order valence-corrected chi connectivity index (χ2v) is 7.32. The van der Waals surface area contributed by atoms with Crippen molar-refractivity contribution in [2.45, 2.75) is 51.2 Å². The van der Waals surface area contributed by atoms with Crippen molar-refractivity contribution in [3.63, 3.8) is 0 Å². The summed E-state index contributed by atoms with van der Waals surface area (Å²) in [6.45, 7) is 3.89. The van der Waals surface area contributed by atoms with E-state index in [1.807, 2.05) is 12.1 Å².